The maximum Gasteiger partial charge on any atom is 0.0464 e. The van der Waals surface area contributed by atoms with Crippen molar-refractivity contribution in [2.75, 3.05) is 5.32 Å². The lowest BCUT2D eigenvalue weighted by Gasteiger charge is -2.43. The van der Waals surface area contributed by atoms with E-state index in [2.05, 4.69) is 172 Å². The van der Waals surface area contributed by atoms with Gasteiger partial charge in [0.25, 0.3) is 0 Å². The molecule has 0 aromatic heterocycles. The highest BCUT2D eigenvalue weighted by Gasteiger charge is 2.40. The predicted octanol–water partition coefficient (Wildman–Crippen LogP) is 10.9. The van der Waals surface area contributed by atoms with E-state index in [4.69, 9.17) is 5.73 Å². The van der Waals surface area contributed by atoms with Crippen LogP contribution in [0.2, 0.25) is 0 Å². The molecule has 46 heavy (non-hydrogen) atoms. The highest BCUT2D eigenvalue weighted by Crippen LogP contribution is 2.50. The molecule has 0 saturated heterocycles. The summed E-state index contributed by atoms with van der Waals surface area (Å²) in [4.78, 5) is 0. The molecule has 2 heteroatoms. The molecule has 0 saturated carbocycles. The molecule has 0 heterocycles. The first kappa shape index (κ1) is 31.6. The number of hydrogen-bond acceptors (Lipinski definition) is 2. The van der Waals surface area contributed by atoms with Crippen molar-refractivity contribution in [2.24, 2.45) is 35.3 Å². The lowest BCUT2D eigenvalue weighted by molar-refractivity contribution is 0.391. The second kappa shape index (κ2) is 14.8. The van der Waals surface area contributed by atoms with E-state index in [0.717, 1.165) is 17.8 Å². The third-order valence-corrected chi connectivity index (χ3v) is 10.1. The summed E-state index contributed by atoms with van der Waals surface area (Å²) in [6, 6.07) is 17.4. The quantitative estimate of drug-likeness (QED) is 0.344. The molecule has 0 bridgehead atoms. The Hall–Kier alpha value is -4.40. The normalized spacial score (nSPS) is 27.5. The van der Waals surface area contributed by atoms with Gasteiger partial charge in [0, 0.05) is 46.7 Å². The van der Waals surface area contributed by atoms with E-state index in [0.29, 0.717) is 23.7 Å². The van der Waals surface area contributed by atoms with Gasteiger partial charge < -0.3 is 11.1 Å². The average Bonchev–Trinajstić information content (AvgIpc) is 3.08. The first-order chi connectivity index (χ1) is 22.6. The second-order valence-electron chi connectivity index (χ2n) is 13.0. The Kier molecular flexibility index (Phi) is 10.2. The van der Waals surface area contributed by atoms with E-state index in [1.165, 1.54) is 40.7 Å². The van der Waals surface area contributed by atoms with Crippen molar-refractivity contribution in [3.8, 4) is 0 Å². The molecule has 2 aromatic rings. The number of benzene rings is 2. The summed E-state index contributed by atoms with van der Waals surface area (Å²) in [5.41, 5.74) is 17.4. The molecule has 5 atom stereocenters. The molecule has 234 valence electrons. The lowest BCUT2D eigenvalue weighted by Crippen LogP contribution is -2.43. The Bertz CT molecular complexity index is 1660. The minimum Gasteiger partial charge on any atom is -0.355 e. The standard InChI is InChI=1S/C32H36N2.C12H12/c1-4-22(5-2)23-16-19-26-29(20-23)32(33)27-11-7-6-10-25(27)31(26)28-12-8-9-13-30(28)34-24-17-14-21(3)15-18-24;1-2-4-8-12-10-6-5-9-11(12)7-3-1/h6-19,22,27,29,32,34H,4-5,20,33H2,1-3H3;1-12H/b;2-1-,7-3-,8-4+. The fourth-order valence-corrected chi connectivity index (χ4v) is 7.49. The molecule has 5 aliphatic carbocycles. The van der Waals surface area contributed by atoms with Crippen LogP contribution in [0.1, 0.15) is 44.2 Å². The van der Waals surface area contributed by atoms with E-state index in [1.807, 2.05) is 0 Å². The number of nitrogens with one attached hydrogen (secondary N) is 1. The number of aryl methyl sites for hydroxylation is 1. The van der Waals surface area contributed by atoms with Gasteiger partial charge in [-0.2, -0.15) is 0 Å². The van der Waals surface area contributed by atoms with Crippen molar-refractivity contribution >= 4 is 16.9 Å². The van der Waals surface area contributed by atoms with Crippen molar-refractivity contribution in [3.05, 3.63) is 174 Å². The first-order valence-electron chi connectivity index (χ1n) is 17.1. The van der Waals surface area contributed by atoms with Crippen molar-refractivity contribution in [3.63, 3.8) is 0 Å². The van der Waals surface area contributed by atoms with Crippen LogP contribution in [0.25, 0.3) is 5.57 Å². The van der Waals surface area contributed by atoms with E-state index in [9.17, 15) is 0 Å². The van der Waals surface area contributed by atoms with Crippen molar-refractivity contribution in [1.82, 2.24) is 0 Å². The van der Waals surface area contributed by atoms with E-state index >= 15 is 0 Å². The first-order valence-corrected chi connectivity index (χ1v) is 17.1. The fourth-order valence-electron chi connectivity index (χ4n) is 7.49. The molecule has 5 unspecified atom stereocenters. The zero-order valence-corrected chi connectivity index (χ0v) is 27.5. The maximum atomic E-state index is 7.00. The Labute approximate surface area is 276 Å². The van der Waals surface area contributed by atoms with Crippen LogP contribution in [0, 0.1) is 36.5 Å². The molecule has 2 nitrogen and oxygen atoms in total. The van der Waals surface area contributed by atoms with Gasteiger partial charge in [-0.1, -0.05) is 153 Å². The number of fused-ring (bicyclic) bond motifs is 3. The molecule has 5 aliphatic rings. The number of rotatable bonds is 6. The SMILES string of the molecule is C1=CC2\C=C/C=C\C=C\C2C=C1.CCC(CC)C1=CC=C2C(c3ccccc3Nc3ccc(C)cc3)=C3C=CC=CC3C(N)C2C1. The van der Waals surface area contributed by atoms with Crippen LogP contribution in [0.3, 0.4) is 0 Å². The summed E-state index contributed by atoms with van der Waals surface area (Å²) in [6.45, 7) is 6.73. The molecule has 0 spiro atoms. The van der Waals surface area contributed by atoms with Gasteiger partial charge in [0.15, 0.2) is 0 Å². The number of nitrogens with two attached hydrogens (primary N) is 1. The summed E-state index contributed by atoms with van der Waals surface area (Å²) < 4.78 is 0. The van der Waals surface area contributed by atoms with Crippen molar-refractivity contribution in [1.29, 1.82) is 0 Å². The van der Waals surface area contributed by atoms with Crippen molar-refractivity contribution < 1.29 is 0 Å². The molecular weight excluding hydrogens is 556 g/mol. The second-order valence-corrected chi connectivity index (χ2v) is 13.0. The maximum absolute atomic E-state index is 7.00. The molecule has 0 aliphatic heterocycles. The van der Waals surface area contributed by atoms with Crippen LogP contribution >= 0.6 is 0 Å². The van der Waals surface area contributed by atoms with Gasteiger partial charge in [-0.25, -0.2) is 0 Å². The monoisotopic (exact) mass is 604 g/mol. The molecule has 0 fully saturated rings. The van der Waals surface area contributed by atoms with Gasteiger partial charge in [-0.15, -0.1) is 0 Å². The molecule has 0 amide bonds. The van der Waals surface area contributed by atoms with Crippen LogP contribution in [0.4, 0.5) is 11.4 Å². The highest BCUT2D eigenvalue weighted by molar-refractivity contribution is 5.92. The third kappa shape index (κ3) is 6.88. The van der Waals surface area contributed by atoms with Gasteiger partial charge >= 0.3 is 0 Å². The smallest absolute Gasteiger partial charge is 0.0464 e. The zero-order valence-electron chi connectivity index (χ0n) is 27.5. The summed E-state index contributed by atoms with van der Waals surface area (Å²) in [5, 5.41) is 3.69. The van der Waals surface area contributed by atoms with Crippen LogP contribution < -0.4 is 11.1 Å². The van der Waals surface area contributed by atoms with Crippen LogP contribution in [0.15, 0.2) is 162 Å². The fraction of sp³-hybridized carbons (Fsp3) is 0.273. The topological polar surface area (TPSA) is 38.0 Å². The van der Waals surface area contributed by atoms with E-state index in [1.54, 1.807) is 5.57 Å². The number of allylic oxidation sites excluding steroid dienone is 17. The lowest BCUT2D eigenvalue weighted by atomic mass is 9.63. The van der Waals surface area contributed by atoms with Gasteiger partial charge in [0.05, 0.1) is 0 Å². The molecule has 3 N–H and O–H groups in total. The minimum atomic E-state index is 0.0986. The number of para-hydroxylation sites is 1. The Balaban J connectivity index is 0.000000259. The third-order valence-electron chi connectivity index (χ3n) is 10.1. The van der Waals surface area contributed by atoms with Gasteiger partial charge in [0.2, 0.25) is 0 Å². The van der Waals surface area contributed by atoms with E-state index < -0.39 is 0 Å². The molecule has 2 aromatic carbocycles. The van der Waals surface area contributed by atoms with Crippen LogP contribution in [0.5, 0.6) is 0 Å². The predicted molar refractivity (Wildman–Crippen MR) is 199 cm³/mol. The van der Waals surface area contributed by atoms with Gasteiger partial charge in [-0.05, 0) is 67.0 Å². The summed E-state index contributed by atoms with van der Waals surface area (Å²) in [6.07, 6.45) is 38.7. The summed E-state index contributed by atoms with van der Waals surface area (Å²) in [7, 11) is 0. The largest absolute Gasteiger partial charge is 0.355 e. The molecular formula is C44H48N2. The Morgan fingerprint density at radius 3 is 2.04 bits per heavy atom. The molecule has 7 rings (SSSR count). The van der Waals surface area contributed by atoms with Gasteiger partial charge in [-0.3, -0.25) is 0 Å². The van der Waals surface area contributed by atoms with E-state index in [-0.39, 0.29) is 12.0 Å². The average molecular weight is 605 g/mol. The Morgan fingerprint density at radius 2 is 1.37 bits per heavy atom. The number of hydrogen-bond donors (Lipinski definition) is 2. The number of anilines is 2. The zero-order chi connectivity index (χ0) is 31.9. The minimum absolute atomic E-state index is 0.0986. The van der Waals surface area contributed by atoms with Gasteiger partial charge in [0.1, 0.15) is 0 Å². The van der Waals surface area contributed by atoms with Crippen LogP contribution in [-0.2, 0) is 0 Å². The van der Waals surface area contributed by atoms with Crippen LogP contribution in [-0.4, -0.2) is 6.04 Å². The summed E-state index contributed by atoms with van der Waals surface area (Å²) >= 11 is 0. The summed E-state index contributed by atoms with van der Waals surface area (Å²) in [5.74, 6) is 2.34. The highest BCUT2D eigenvalue weighted by atomic mass is 14.9. The Morgan fingerprint density at radius 1 is 0.739 bits per heavy atom. The molecule has 0 radical (unpaired) electrons. The van der Waals surface area contributed by atoms with Crippen molar-refractivity contribution in [2.45, 2.75) is 46.1 Å².